The largest absolute Gasteiger partial charge is 0.482 e. The van der Waals surface area contributed by atoms with Gasteiger partial charge in [-0.05, 0) is 61.3 Å². The molecule has 0 unspecified atom stereocenters. The molecule has 1 amide bonds. The van der Waals surface area contributed by atoms with Crippen LogP contribution in [-0.2, 0) is 16.0 Å². The smallest absolute Gasteiger partial charge is 0.341 e. The number of hydrogen-bond donors (Lipinski definition) is 1. The molecule has 1 N–H and O–H groups in total. The molecular formula is C23H27Cl3N2O4. The van der Waals surface area contributed by atoms with Crippen LogP contribution in [0.25, 0.3) is 0 Å². The Morgan fingerprint density at radius 1 is 1.12 bits per heavy atom. The number of carbonyl (C=O) groups is 2. The maximum atomic E-state index is 13.1. The molecule has 9 heteroatoms. The maximum Gasteiger partial charge on any atom is 0.341 e. The summed E-state index contributed by atoms with van der Waals surface area (Å²) in [6.07, 6.45) is 2.50. The van der Waals surface area contributed by atoms with Gasteiger partial charge in [-0.25, -0.2) is 4.79 Å². The first-order valence-electron chi connectivity index (χ1n) is 10.2. The Morgan fingerprint density at radius 2 is 1.84 bits per heavy atom. The summed E-state index contributed by atoms with van der Waals surface area (Å²) >= 11 is 12.1. The van der Waals surface area contributed by atoms with Gasteiger partial charge in [-0.2, -0.15) is 0 Å². The standard InChI is InChI=1S/C23H26Cl2N2O4.ClH/c1-26(22(28)12-16-7-8-19(24)20(25)11-16)21(14-27-9-2-3-10-27)17-5-4-6-18(13-17)31-15-23(29)30;/h4-8,11,13,21H,2-3,9-10,12,14-15H2,1H3,(H,29,30);1H/t21-;/m1./s1. The minimum Gasteiger partial charge on any atom is -0.482 e. The third kappa shape index (κ3) is 7.27. The molecular weight excluding hydrogens is 475 g/mol. The molecule has 0 radical (unpaired) electrons. The van der Waals surface area contributed by atoms with Crippen LogP contribution in [0.2, 0.25) is 10.0 Å². The van der Waals surface area contributed by atoms with Crippen molar-refractivity contribution in [3.05, 3.63) is 63.6 Å². The second kappa shape index (κ2) is 12.3. The summed E-state index contributed by atoms with van der Waals surface area (Å²) in [6, 6.07) is 12.3. The Balaban J connectivity index is 0.00000363. The highest BCUT2D eigenvalue weighted by molar-refractivity contribution is 6.42. The van der Waals surface area contributed by atoms with Gasteiger partial charge in [0.25, 0.3) is 0 Å². The quantitative estimate of drug-likeness (QED) is 0.538. The minimum absolute atomic E-state index is 0. The zero-order valence-corrected chi connectivity index (χ0v) is 20.1. The molecule has 0 bridgehead atoms. The molecule has 1 aliphatic rings. The van der Waals surface area contributed by atoms with E-state index in [-0.39, 0.29) is 30.8 Å². The number of ether oxygens (including phenoxy) is 1. The summed E-state index contributed by atoms with van der Waals surface area (Å²) in [5.74, 6) is -0.607. The molecule has 1 aliphatic heterocycles. The molecule has 1 saturated heterocycles. The van der Waals surface area contributed by atoms with Gasteiger partial charge in [0.1, 0.15) is 5.75 Å². The highest BCUT2D eigenvalue weighted by Crippen LogP contribution is 2.28. The van der Waals surface area contributed by atoms with E-state index in [0.717, 1.165) is 37.1 Å². The summed E-state index contributed by atoms with van der Waals surface area (Å²) in [6.45, 7) is 2.29. The second-order valence-electron chi connectivity index (χ2n) is 7.71. The number of hydrogen-bond acceptors (Lipinski definition) is 4. The van der Waals surface area contributed by atoms with Gasteiger partial charge in [-0.1, -0.05) is 41.4 Å². The van der Waals surface area contributed by atoms with Crippen LogP contribution >= 0.6 is 35.6 Å². The first-order chi connectivity index (χ1) is 14.8. The van der Waals surface area contributed by atoms with Crippen molar-refractivity contribution in [3.8, 4) is 5.75 Å². The Labute approximate surface area is 204 Å². The van der Waals surface area contributed by atoms with E-state index >= 15 is 0 Å². The lowest BCUT2D eigenvalue weighted by Gasteiger charge is -2.32. The Bertz CT molecular complexity index is 935. The van der Waals surface area contributed by atoms with Gasteiger partial charge < -0.3 is 19.6 Å². The number of likely N-dealkylation sites (tertiary alicyclic amines) is 1. The number of rotatable bonds is 9. The lowest BCUT2D eigenvalue weighted by atomic mass is 10.0. The molecule has 174 valence electrons. The van der Waals surface area contributed by atoms with Crippen molar-refractivity contribution >= 4 is 47.5 Å². The second-order valence-corrected chi connectivity index (χ2v) is 8.52. The van der Waals surface area contributed by atoms with Gasteiger partial charge in [-0.15, -0.1) is 12.4 Å². The van der Waals surface area contributed by atoms with Gasteiger partial charge in [0, 0.05) is 13.6 Å². The number of carboxylic acids is 1. The summed E-state index contributed by atoms with van der Waals surface area (Å²) < 4.78 is 5.34. The fraction of sp³-hybridized carbons (Fsp3) is 0.391. The Hall–Kier alpha value is -1.99. The van der Waals surface area contributed by atoms with Gasteiger partial charge in [-0.3, -0.25) is 4.79 Å². The number of carbonyl (C=O) groups excluding carboxylic acids is 1. The number of likely N-dealkylation sites (N-methyl/N-ethyl adjacent to an activating group) is 1. The van der Waals surface area contributed by atoms with Crippen LogP contribution in [0.4, 0.5) is 0 Å². The third-order valence-electron chi connectivity index (χ3n) is 5.44. The highest BCUT2D eigenvalue weighted by atomic mass is 35.5. The van der Waals surface area contributed by atoms with Crippen molar-refractivity contribution < 1.29 is 19.4 Å². The lowest BCUT2D eigenvalue weighted by Crippen LogP contribution is -2.39. The van der Waals surface area contributed by atoms with Gasteiger partial charge in [0.15, 0.2) is 6.61 Å². The fourth-order valence-corrected chi connectivity index (χ4v) is 4.06. The predicted molar refractivity (Wildman–Crippen MR) is 128 cm³/mol. The van der Waals surface area contributed by atoms with Gasteiger partial charge in [0.05, 0.1) is 22.5 Å². The first-order valence-corrected chi connectivity index (χ1v) is 11.0. The topological polar surface area (TPSA) is 70.1 Å². The molecule has 2 aromatic rings. The molecule has 3 rings (SSSR count). The summed E-state index contributed by atoms with van der Waals surface area (Å²) in [5.41, 5.74) is 1.70. The van der Waals surface area contributed by atoms with Crippen molar-refractivity contribution in [2.75, 3.05) is 33.3 Å². The van der Waals surface area contributed by atoms with E-state index in [0.29, 0.717) is 22.3 Å². The van der Waals surface area contributed by atoms with Crippen LogP contribution < -0.4 is 4.74 Å². The molecule has 0 spiro atoms. The lowest BCUT2D eigenvalue weighted by molar-refractivity contribution is -0.139. The zero-order valence-electron chi connectivity index (χ0n) is 17.8. The molecule has 32 heavy (non-hydrogen) atoms. The SMILES string of the molecule is CN(C(=O)Cc1ccc(Cl)c(Cl)c1)[C@H](CN1CCCC1)c1cccc(OCC(=O)O)c1.Cl. The van der Waals surface area contributed by atoms with Crippen molar-refractivity contribution in [2.45, 2.75) is 25.3 Å². The van der Waals surface area contributed by atoms with E-state index in [1.807, 2.05) is 18.2 Å². The molecule has 1 fully saturated rings. The van der Waals surface area contributed by atoms with Crippen molar-refractivity contribution in [2.24, 2.45) is 0 Å². The van der Waals surface area contributed by atoms with Crippen LogP contribution in [-0.4, -0.2) is 60.1 Å². The Morgan fingerprint density at radius 3 is 2.50 bits per heavy atom. The van der Waals surface area contributed by atoms with Crippen molar-refractivity contribution in [1.82, 2.24) is 9.80 Å². The van der Waals surface area contributed by atoms with Crippen LogP contribution in [0, 0.1) is 0 Å². The van der Waals surface area contributed by atoms with E-state index in [9.17, 15) is 9.59 Å². The van der Waals surface area contributed by atoms with Crippen molar-refractivity contribution in [1.29, 1.82) is 0 Å². The number of halogens is 3. The number of carboxylic acid groups (broad SMARTS) is 1. The van der Waals surface area contributed by atoms with Crippen LogP contribution in [0.1, 0.15) is 30.0 Å². The predicted octanol–water partition coefficient (Wildman–Crippen LogP) is 4.72. The fourth-order valence-electron chi connectivity index (χ4n) is 3.74. The van der Waals surface area contributed by atoms with E-state index in [4.69, 9.17) is 33.0 Å². The summed E-state index contributed by atoms with van der Waals surface area (Å²) in [4.78, 5) is 28.0. The average molecular weight is 502 g/mol. The zero-order chi connectivity index (χ0) is 22.4. The molecule has 0 aliphatic carbocycles. The van der Waals surface area contributed by atoms with Crippen LogP contribution in [0.5, 0.6) is 5.75 Å². The first kappa shape index (κ1) is 26.3. The number of amides is 1. The summed E-state index contributed by atoms with van der Waals surface area (Å²) in [7, 11) is 1.80. The number of nitrogens with zero attached hydrogens (tertiary/aromatic N) is 2. The normalized spacial score (nSPS) is 14.5. The van der Waals surface area contributed by atoms with Gasteiger partial charge in [0.2, 0.25) is 5.91 Å². The van der Waals surface area contributed by atoms with E-state index in [2.05, 4.69) is 4.90 Å². The average Bonchev–Trinajstić information content (AvgIpc) is 3.26. The molecule has 1 heterocycles. The molecule has 0 aromatic heterocycles. The van der Waals surface area contributed by atoms with Crippen LogP contribution in [0.15, 0.2) is 42.5 Å². The minimum atomic E-state index is -1.03. The molecule has 2 aromatic carbocycles. The molecule has 6 nitrogen and oxygen atoms in total. The maximum absolute atomic E-state index is 13.1. The van der Waals surface area contributed by atoms with Gasteiger partial charge >= 0.3 is 5.97 Å². The summed E-state index contributed by atoms with van der Waals surface area (Å²) in [5, 5.41) is 9.76. The third-order valence-corrected chi connectivity index (χ3v) is 6.17. The van der Waals surface area contributed by atoms with E-state index in [1.54, 1.807) is 36.2 Å². The monoisotopic (exact) mass is 500 g/mol. The van der Waals surface area contributed by atoms with E-state index in [1.165, 1.54) is 0 Å². The number of benzene rings is 2. The Kier molecular flexibility index (Phi) is 10.1. The van der Waals surface area contributed by atoms with Crippen molar-refractivity contribution in [3.63, 3.8) is 0 Å². The molecule has 0 saturated carbocycles. The van der Waals surface area contributed by atoms with Crippen LogP contribution in [0.3, 0.4) is 0 Å². The van der Waals surface area contributed by atoms with E-state index < -0.39 is 12.6 Å². The highest BCUT2D eigenvalue weighted by Gasteiger charge is 2.26. The molecule has 1 atom stereocenters. The number of aliphatic carboxylic acids is 1.